The van der Waals surface area contributed by atoms with E-state index in [-0.39, 0.29) is 0 Å². The zero-order valence-corrected chi connectivity index (χ0v) is 36.3. The molecule has 12 aromatic rings. The highest BCUT2D eigenvalue weighted by Gasteiger charge is 2.19. The number of para-hydroxylation sites is 1. The van der Waals surface area contributed by atoms with E-state index in [2.05, 4.69) is 276 Å². The third-order valence-electron chi connectivity index (χ3n) is 13.0. The highest BCUT2D eigenvalue weighted by Crippen LogP contribution is 2.43. The van der Waals surface area contributed by atoms with Crippen LogP contribution in [0.15, 0.2) is 267 Å². The van der Waals surface area contributed by atoms with E-state index in [0.29, 0.717) is 0 Å². The van der Waals surface area contributed by atoms with Crippen molar-refractivity contribution in [3.8, 4) is 61.3 Å². The predicted octanol–water partition coefficient (Wildman–Crippen LogP) is 17.7. The first-order chi connectivity index (χ1) is 32.7. The summed E-state index contributed by atoms with van der Waals surface area (Å²) in [5, 5.41) is 4.99. The van der Waals surface area contributed by atoms with Crippen LogP contribution in [-0.2, 0) is 0 Å². The molecule has 0 saturated carbocycles. The summed E-state index contributed by atoms with van der Waals surface area (Å²) in [6, 6.07) is 96.8. The van der Waals surface area contributed by atoms with E-state index in [9.17, 15) is 0 Å². The van der Waals surface area contributed by atoms with Gasteiger partial charge in [0, 0.05) is 33.5 Å². The van der Waals surface area contributed by atoms with Crippen molar-refractivity contribution < 1.29 is 0 Å². The Labute approximate surface area is 385 Å². The van der Waals surface area contributed by atoms with Crippen LogP contribution >= 0.6 is 0 Å². The van der Waals surface area contributed by atoms with Gasteiger partial charge in [-0.2, -0.15) is 0 Å². The first-order valence-corrected chi connectivity index (χ1v) is 22.7. The van der Waals surface area contributed by atoms with Gasteiger partial charge in [0.1, 0.15) is 0 Å². The van der Waals surface area contributed by atoms with Crippen LogP contribution in [0.5, 0.6) is 0 Å². The third kappa shape index (κ3) is 7.12. The summed E-state index contributed by atoms with van der Waals surface area (Å²) in [5.74, 6) is 0. The number of rotatable bonds is 9. The van der Waals surface area contributed by atoms with Gasteiger partial charge in [-0.15, -0.1) is 0 Å². The van der Waals surface area contributed by atoms with Crippen LogP contribution in [0.2, 0.25) is 0 Å². The zero-order valence-electron chi connectivity index (χ0n) is 36.3. The van der Waals surface area contributed by atoms with Crippen molar-refractivity contribution in [1.29, 1.82) is 0 Å². The lowest BCUT2D eigenvalue weighted by Crippen LogP contribution is -2.10. The molecule has 0 N–H and O–H groups in total. The molecule has 0 aliphatic rings. The molecule has 12 rings (SSSR count). The van der Waals surface area contributed by atoms with E-state index in [1.165, 1.54) is 82.6 Å². The Morgan fingerprint density at radius 1 is 0.258 bits per heavy atom. The van der Waals surface area contributed by atoms with Crippen molar-refractivity contribution in [2.24, 2.45) is 0 Å². The minimum atomic E-state index is 1.09. The van der Waals surface area contributed by atoms with Gasteiger partial charge in [-0.25, -0.2) is 0 Å². The van der Waals surface area contributed by atoms with Crippen LogP contribution in [0.1, 0.15) is 0 Å². The Morgan fingerprint density at radius 2 is 0.742 bits per heavy atom. The molecule has 1 aromatic heterocycles. The fourth-order valence-electron chi connectivity index (χ4n) is 9.79. The monoisotopic (exact) mass is 840 g/mol. The molecule has 0 aliphatic heterocycles. The molecule has 0 fully saturated rings. The molecular formula is C64H44N2. The predicted molar refractivity (Wildman–Crippen MR) is 280 cm³/mol. The Balaban J connectivity index is 0.958. The summed E-state index contributed by atoms with van der Waals surface area (Å²) in [7, 11) is 0. The topological polar surface area (TPSA) is 8.17 Å². The average molecular weight is 841 g/mol. The van der Waals surface area contributed by atoms with Gasteiger partial charge in [0.25, 0.3) is 0 Å². The largest absolute Gasteiger partial charge is 0.310 e. The molecule has 11 aromatic carbocycles. The van der Waals surface area contributed by atoms with Crippen LogP contribution in [0.25, 0.3) is 93.9 Å². The van der Waals surface area contributed by atoms with E-state index in [4.69, 9.17) is 0 Å². The second-order valence-corrected chi connectivity index (χ2v) is 16.9. The van der Waals surface area contributed by atoms with Gasteiger partial charge in [-0.05, 0) is 127 Å². The molecule has 2 heteroatoms. The minimum absolute atomic E-state index is 1.09. The van der Waals surface area contributed by atoms with Gasteiger partial charge < -0.3 is 9.47 Å². The van der Waals surface area contributed by atoms with Gasteiger partial charge in [0.15, 0.2) is 0 Å². The molecule has 0 radical (unpaired) electrons. The highest BCUT2D eigenvalue weighted by atomic mass is 15.1. The van der Waals surface area contributed by atoms with E-state index in [1.54, 1.807) is 0 Å². The summed E-state index contributed by atoms with van der Waals surface area (Å²) >= 11 is 0. The molecule has 0 spiro atoms. The summed E-state index contributed by atoms with van der Waals surface area (Å²) in [4.78, 5) is 2.38. The molecule has 66 heavy (non-hydrogen) atoms. The normalized spacial score (nSPS) is 11.3. The van der Waals surface area contributed by atoms with Crippen LogP contribution in [-0.4, -0.2) is 4.57 Å². The van der Waals surface area contributed by atoms with Crippen molar-refractivity contribution in [2.75, 3.05) is 4.90 Å². The lowest BCUT2D eigenvalue weighted by Gasteiger charge is -2.26. The Morgan fingerprint density at radius 3 is 1.42 bits per heavy atom. The van der Waals surface area contributed by atoms with Gasteiger partial charge in [-0.3, -0.25) is 0 Å². The van der Waals surface area contributed by atoms with Crippen molar-refractivity contribution in [3.63, 3.8) is 0 Å². The second-order valence-electron chi connectivity index (χ2n) is 16.9. The van der Waals surface area contributed by atoms with E-state index < -0.39 is 0 Å². The standard InChI is InChI=1S/C64H44N2/c1-4-15-45(16-5-1)48-33-38-55(39-34-48)65(56-40-35-49(36-41-56)47-29-31-51(32-30-47)59-26-13-20-50-19-10-11-25-58(50)59)57-24-12-21-53(43-57)60-27-14-28-62-64(60)61-42-37-52(46-17-6-2-7-18-46)44-63(61)66(62)54-22-8-3-9-23-54/h1-44H. The highest BCUT2D eigenvalue weighted by molar-refractivity contribution is 6.16. The number of hydrogen-bond donors (Lipinski definition) is 0. The molecular weight excluding hydrogens is 797 g/mol. The van der Waals surface area contributed by atoms with E-state index >= 15 is 0 Å². The minimum Gasteiger partial charge on any atom is -0.310 e. The fourth-order valence-corrected chi connectivity index (χ4v) is 9.79. The molecule has 0 amide bonds. The van der Waals surface area contributed by atoms with Gasteiger partial charge >= 0.3 is 0 Å². The Bertz CT molecular complexity index is 3640. The zero-order chi connectivity index (χ0) is 43.8. The summed E-state index contributed by atoms with van der Waals surface area (Å²) in [6.07, 6.45) is 0. The number of fused-ring (bicyclic) bond motifs is 4. The quantitative estimate of drug-likeness (QED) is 0.141. The Kier molecular flexibility index (Phi) is 9.89. The number of benzene rings is 11. The maximum atomic E-state index is 2.42. The lowest BCUT2D eigenvalue weighted by atomic mass is 9.96. The van der Waals surface area contributed by atoms with Gasteiger partial charge in [0.2, 0.25) is 0 Å². The first kappa shape index (κ1) is 38.9. The average Bonchev–Trinajstić information content (AvgIpc) is 3.74. The van der Waals surface area contributed by atoms with Gasteiger partial charge in [0.05, 0.1) is 11.0 Å². The lowest BCUT2D eigenvalue weighted by molar-refractivity contribution is 1.18. The third-order valence-corrected chi connectivity index (χ3v) is 13.0. The maximum Gasteiger partial charge on any atom is 0.0547 e. The first-order valence-electron chi connectivity index (χ1n) is 22.7. The van der Waals surface area contributed by atoms with Crippen LogP contribution < -0.4 is 4.90 Å². The maximum absolute atomic E-state index is 2.42. The van der Waals surface area contributed by atoms with Crippen LogP contribution in [0.3, 0.4) is 0 Å². The van der Waals surface area contributed by atoms with E-state index in [0.717, 1.165) is 28.3 Å². The van der Waals surface area contributed by atoms with Crippen molar-refractivity contribution >= 4 is 49.6 Å². The van der Waals surface area contributed by atoms with Crippen molar-refractivity contribution in [1.82, 2.24) is 4.57 Å². The smallest absolute Gasteiger partial charge is 0.0547 e. The second kappa shape index (κ2) is 16.8. The molecule has 1 heterocycles. The van der Waals surface area contributed by atoms with Crippen LogP contribution in [0.4, 0.5) is 17.1 Å². The molecule has 310 valence electrons. The molecule has 0 bridgehead atoms. The summed E-state index contributed by atoms with van der Waals surface area (Å²) < 4.78 is 2.42. The molecule has 0 unspecified atom stereocenters. The summed E-state index contributed by atoms with van der Waals surface area (Å²) in [6.45, 7) is 0. The summed E-state index contributed by atoms with van der Waals surface area (Å²) in [5.41, 5.74) is 18.7. The van der Waals surface area contributed by atoms with Crippen molar-refractivity contribution in [3.05, 3.63) is 267 Å². The van der Waals surface area contributed by atoms with E-state index in [1.807, 2.05) is 0 Å². The molecule has 0 atom stereocenters. The number of anilines is 3. The number of aromatic nitrogens is 1. The van der Waals surface area contributed by atoms with Crippen LogP contribution in [0, 0.1) is 0 Å². The molecule has 0 aliphatic carbocycles. The number of nitrogens with zero attached hydrogens (tertiary/aromatic N) is 2. The van der Waals surface area contributed by atoms with Gasteiger partial charge in [-0.1, -0.05) is 206 Å². The molecule has 0 saturated heterocycles. The van der Waals surface area contributed by atoms with Crippen molar-refractivity contribution in [2.45, 2.75) is 0 Å². The SMILES string of the molecule is c1ccc(-c2ccc(N(c3ccc(-c4ccc(-c5cccc6ccccc56)cc4)cc3)c3cccc(-c4cccc5c4c4ccc(-c6ccccc6)cc4n5-c4ccccc4)c3)cc2)cc1. The Hall–Kier alpha value is -8.72. The number of hydrogen-bond acceptors (Lipinski definition) is 1. The molecule has 2 nitrogen and oxygen atoms in total. The fraction of sp³-hybridized carbons (Fsp3) is 0.